The van der Waals surface area contributed by atoms with E-state index >= 15 is 0 Å². The van der Waals surface area contributed by atoms with Gasteiger partial charge in [0.25, 0.3) is 0 Å². The summed E-state index contributed by atoms with van der Waals surface area (Å²) in [6.45, 7) is 7.40. The van der Waals surface area contributed by atoms with Crippen molar-refractivity contribution in [1.82, 2.24) is 19.7 Å². The van der Waals surface area contributed by atoms with Crippen LogP contribution < -0.4 is 0 Å². The van der Waals surface area contributed by atoms with Gasteiger partial charge in [0, 0.05) is 24.7 Å². The molecule has 0 N–H and O–H groups in total. The average molecular weight is 242 g/mol. The molecule has 3 rings (SSSR count). The van der Waals surface area contributed by atoms with Gasteiger partial charge in [-0.15, -0.1) is 10.2 Å². The summed E-state index contributed by atoms with van der Waals surface area (Å²) in [5.41, 5.74) is 1.15. The van der Waals surface area contributed by atoms with Crippen molar-refractivity contribution >= 4 is 0 Å². The van der Waals surface area contributed by atoms with Crippen LogP contribution in [0.15, 0.2) is 30.3 Å². The SMILES string of the molecule is CC(C)N1CCn2c(nnc2-c2ccccc2)C1. The Morgan fingerprint density at radius 3 is 2.56 bits per heavy atom. The smallest absolute Gasteiger partial charge is 0.164 e. The summed E-state index contributed by atoms with van der Waals surface area (Å²) in [6, 6.07) is 10.9. The van der Waals surface area contributed by atoms with Gasteiger partial charge in [-0.2, -0.15) is 0 Å². The minimum Gasteiger partial charge on any atom is -0.309 e. The van der Waals surface area contributed by atoms with Crippen LogP contribution in [0.1, 0.15) is 19.7 Å². The van der Waals surface area contributed by atoms with E-state index in [9.17, 15) is 0 Å². The first-order valence-corrected chi connectivity index (χ1v) is 6.47. The first-order chi connectivity index (χ1) is 8.75. The van der Waals surface area contributed by atoms with Crippen LogP contribution >= 0.6 is 0 Å². The molecule has 0 saturated carbocycles. The fraction of sp³-hybridized carbons (Fsp3) is 0.429. The summed E-state index contributed by atoms with van der Waals surface area (Å²) in [5.74, 6) is 2.07. The Morgan fingerprint density at radius 1 is 1.06 bits per heavy atom. The fourth-order valence-electron chi connectivity index (χ4n) is 2.42. The highest BCUT2D eigenvalue weighted by Gasteiger charge is 2.22. The van der Waals surface area contributed by atoms with Crippen LogP contribution in [0.3, 0.4) is 0 Å². The molecular formula is C14H18N4. The lowest BCUT2D eigenvalue weighted by Gasteiger charge is -2.30. The summed E-state index contributed by atoms with van der Waals surface area (Å²) < 4.78 is 2.24. The van der Waals surface area contributed by atoms with E-state index in [1.165, 1.54) is 0 Å². The van der Waals surface area contributed by atoms with Gasteiger partial charge < -0.3 is 4.57 Å². The zero-order valence-corrected chi connectivity index (χ0v) is 10.9. The second-order valence-electron chi connectivity index (χ2n) is 5.02. The third-order valence-electron chi connectivity index (χ3n) is 3.55. The highest BCUT2D eigenvalue weighted by Crippen LogP contribution is 2.22. The zero-order valence-electron chi connectivity index (χ0n) is 10.9. The molecule has 0 aliphatic carbocycles. The van der Waals surface area contributed by atoms with Gasteiger partial charge in [-0.25, -0.2) is 0 Å². The van der Waals surface area contributed by atoms with Crippen LogP contribution in [-0.2, 0) is 13.1 Å². The van der Waals surface area contributed by atoms with Crippen LogP contribution in [0.5, 0.6) is 0 Å². The van der Waals surface area contributed by atoms with E-state index in [2.05, 4.69) is 45.6 Å². The van der Waals surface area contributed by atoms with Gasteiger partial charge in [0.1, 0.15) is 5.82 Å². The van der Waals surface area contributed by atoms with Gasteiger partial charge in [-0.3, -0.25) is 4.90 Å². The highest BCUT2D eigenvalue weighted by molar-refractivity contribution is 5.55. The Kier molecular flexibility index (Phi) is 2.88. The molecule has 0 bridgehead atoms. The molecule has 2 heterocycles. The lowest BCUT2D eigenvalue weighted by atomic mass is 10.2. The molecule has 0 fully saturated rings. The van der Waals surface area contributed by atoms with Gasteiger partial charge in [-0.05, 0) is 13.8 Å². The molecule has 1 aromatic heterocycles. The van der Waals surface area contributed by atoms with E-state index in [1.807, 2.05) is 18.2 Å². The van der Waals surface area contributed by atoms with E-state index in [1.54, 1.807) is 0 Å². The Morgan fingerprint density at radius 2 is 1.83 bits per heavy atom. The molecule has 1 aliphatic heterocycles. The summed E-state index contributed by atoms with van der Waals surface area (Å²) >= 11 is 0. The van der Waals surface area contributed by atoms with Crippen LogP contribution in [0.2, 0.25) is 0 Å². The molecule has 94 valence electrons. The number of rotatable bonds is 2. The second-order valence-corrected chi connectivity index (χ2v) is 5.02. The van der Waals surface area contributed by atoms with Crippen molar-refractivity contribution in [3.63, 3.8) is 0 Å². The topological polar surface area (TPSA) is 34.0 Å². The van der Waals surface area contributed by atoms with E-state index in [0.717, 1.165) is 36.8 Å². The van der Waals surface area contributed by atoms with Crippen molar-refractivity contribution in [2.45, 2.75) is 33.0 Å². The maximum Gasteiger partial charge on any atom is 0.164 e. The standard InChI is InChI=1S/C14H18N4/c1-11(2)17-8-9-18-13(10-17)15-16-14(18)12-6-4-3-5-7-12/h3-7,11H,8-10H2,1-2H3. The highest BCUT2D eigenvalue weighted by atomic mass is 15.3. The first-order valence-electron chi connectivity index (χ1n) is 6.47. The number of hydrogen-bond acceptors (Lipinski definition) is 3. The number of benzene rings is 1. The van der Waals surface area contributed by atoms with Crippen LogP contribution in [0.4, 0.5) is 0 Å². The second kappa shape index (κ2) is 4.53. The van der Waals surface area contributed by atoms with Gasteiger partial charge in [-0.1, -0.05) is 30.3 Å². The Labute approximate surface area is 107 Å². The molecule has 0 atom stereocenters. The van der Waals surface area contributed by atoms with Crippen molar-refractivity contribution in [2.75, 3.05) is 6.54 Å². The molecule has 0 radical (unpaired) electrons. The molecule has 1 aliphatic rings. The number of nitrogens with zero attached hydrogens (tertiary/aromatic N) is 4. The van der Waals surface area contributed by atoms with Crippen molar-refractivity contribution in [3.05, 3.63) is 36.2 Å². The van der Waals surface area contributed by atoms with Crippen LogP contribution in [-0.4, -0.2) is 32.3 Å². The molecule has 0 saturated heterocycles. The minimum absolute atomic E-state index is 0.565. The summed E-state index contributed by atoms with van der Waals surface area (Å²) in [6.07, 6.45) is 0. The van der Waals surface area contributed by atoms with Gasteiger partial charge in [0.2, 0.25) is 0 Å². The number of hydrogen-bond donors (Lipinski definition) is 0. The summed E-state index contributed by atoms with van der Waals surface area (Å²) in [5, 5.41) is 8.69. The summed E-state index contributed by atoms with van der Waals surface area (Å²) in [7, 11) is 0. The molecule has 4 heteroatoms. The predicted molar refractivity (Wildman–Crippen MR) is 71.0 cm³/mol. The first kappa shape index (κ1) is 11.4. The van der Waals surface area contributed by atoms with Gasteiger partial charge in [0.15, 0.2) is 5.82 Å². The minimum atomic E-state index is 0.565. The molecule has 0 amide bonds. The quantitative estimate of drug-likeness (QED) is 0.809. The van der Waals surface area contributed by atoms with E-state index in [4.69, 9.17) is 0 Å². The molecular weight excluding hydrogens is 224 g/mol. The van der Waals surface area contributed by atoms with Gasteiger partial charge >= 0.3 is 0 Å². The lowest BCUT2D eigenvalue weighted by Crippen LogP contribution is -2.38. The Balaban J connectivity index is 1.94. The maximum atomic E-state index is 4.35. The normalized spacial score (nSPS) is 15.9. The third-order valence-corrected chi connectivity index (χ3v) is 3.55. The number of aromatic nitrogens is 3. The van der Waals surface area contributed by atoms with E-state index < -0.39 is 0 Å². The Hall–Kier alpha value is -1.68. The third kappa shape index (κ3) is 1.93. The van der Waals surface area contributed by atoms with Crippen LogP contribution in [0.25, 0.3) is 11.4 Å². The molecule has 0 spiro atoms. The van der Waals surface area contributed by atoms with Gasteiger partial charge in [0.05, 0.1) is 6.54 Å². The van der Waals surface area contributed by atoms with E-state index in [-0.39, 0.29) is 0 Å². The largest absolute Gasteiger partial charge is 0.309 e. The molecule has 0 unspecified atom stereocenters. The molecule has 4 nitrogen and oxygen atoms in total. The summed E-state index contributed by atoms with van der Waals surface area (Å²) in [4.78, 5) is 2.43. The maximum absolute atomic E-state index is 4.35. The van der Waals surface area contributed by atoms with Crippen molar-refractivity contribution in [1.29, 1.82) is 0 Å². The fourth-order valence-corrected chi connectivity index (χ4v) is 2.42. The van der Waals surface area contributed by atoms with E-state index in [0.29, 0.717) is 6.04 Å². The zero-order chi connectivity index (χ0) is 12.5. The molecule has 18 heavy (non-hydrogen) atoms. The number of fused-ring (bicyclic) bond motifs is 1. The van der Waals surface area contributed by atoms with Crippen molar-refractivity contribution in [3.8, 4) is 11.4 Å². The van der Waals surface area contributed by atoms with Crippen molar-refractivity contribution < 1.29 is 0 Å². The predicted octanol–water partition coefficient (Wildman–Crippen LogP) is 2.17. The monoisotopic (exact) mass is 242 g/mol. The van der Waals surface area contributed by atoms with Crippen molar-refractivity contribution in [2.24, 2.45) is 0 Å². The average Bonchev–Trinajstić information content (AvgIpc) is 2.82. The lowest BCUT2D eigenvalue weighted by molar-refractivity contribution is 0.174. The Bertz CT molecular complexity index is 530. The molecule has 2 aromatic rings. The molecule has 1 aromatic carbocycles. The van der Waals surface area contributed by atoms with Crippen LogP contribution in [0, 0.1) is 0 Å².